The molecule has 0 aliphatic heterocycles. The second kappa shape index (κ2) is 6.00. The first-order valence-corrected chi connectivity index (χ1v) is 6.84. The number of nitrogens with zero attached hydrogens (tertiary/aromatic N) is 1. The Hall–Kier alpha value is 0.292. The Labute approximate surface area is 94.0 Å². The molecule has 0 spiro atoms. The summed E-state index contributed by atoms with van der Waals surface area (Å²) in [7, 11) is 4.22. The van der Waals surface area contributed by atoms with E-state index in [2.05, 4.69) is 19.0 Å². The van der Waals surface area contributed by atoms with Crippen LogP contribution in [0.1, 0.15) is 44.9 Å². The first-order chi connectivity index (χ1) is 6.68. The van der Waals surface area contributed by atoms with Crippen molar-refractivity contribution < 1.29 is 3.80 Å². The van der Waals surface area contributed by atoms with E-state index in [1.807, 2.05) is 0 Å². The number of hydrogen-bond acceptors (Lipinski definition) is 2. The number of hydrogen-bond donors (Lipinski definition) is 0. The van der Waals surface area contributed by atoms with Crippen molar-refractivity contribution in [3.05, 3.63) is 0 Å². The quantitative estimate of drug-likeness (QED) is 0.651. The zero-order valence-electron chi connectivity index (χ0n) is 9.59. The van der Waals surface area contributed by atoms with Gasteiger partial charge in [0, 0.05) is 0 Å². The standard InChI is InChI=1S/C11H22N.Al.O/c1-12(2)10-6-9-11-7-4-3-5-8-11;;/h3-10H2,1-2H3;;. The molecule has 2 nitrogen and oxygen atoms in total. The molecule has 1 rings (SSSR count). The molecule has 0 N–H and O–H groups in total. The fourth-order valence-electron chi connectivity index (χ4n) is 2.43. The Morgan fingerprint density at radius 3 is 2.36 bits per heavy atom. The average Bonchev–Trinajstić information content (AvgIpc) is 2.19. The number of rotatable bonds is 5. The summed E-state index contributed by atoms with van der Waals surface area (Å²) in [6.07, 6.45) is 8.80. The van der Waals surface area contributed by atoms with Gasteiger partial charge in [0.2, 0.25) is 0 Å². The molecule has 3 heteroatoms. The van der Waals surface area contributed by atoms with Crippen molar-refractivity contribution in [1.82, 2.24) is 4.90 Å². The Bertz CT molecular complexity index is 176. The van der Waals surface area contributed by atoms with Crippen LogP contribution in [-0.2, 0) is 3.80 Å². The summed E-state index contributed by atoms with van der Waals surface area (Å²) in [5.41, 5.74) is 0. The first-order valence-electron chi connectivity index (χ1n) is 5.80. The van der Waals surface area contributed by atoms with E-state index in [0.29, 0.717) is 0 Å². The van der Waals surface area contributed by atoms with Crippen molar-refractivity contribution in [2.24, 2.45) is 0 Å². The van der Waals surface area contributed by atoms with Crippen LogP contribution in [0.4, 0.5) is 0 Å². The van der Waals surface area contributed by atoms with E-state index in [1.54, 1.807) is 0 Å². The molecule has 1 fully saturated rings. The van der Waals surface area contributed by atoms with Crippen LogP contribution in [0.3, 0.4) is 0 Å². The molecule has 0 radical (unpaired) electrons. The Morgan fingerprint density at radius 1 is 1.21 bits per heavy atom. The third-order valence-corrected chi connectivity index (χ3v) is 4.75. The molecular formula is C11H22AlNO. The molecule has 0 atom stereocenters. The van der Waals surface area contributed by atoms with Crippen LogP contribution in [0.2, 0.25) is 4.28 Å². The molecule has 1 aliphatic carbocycles. The van der Waals surface area contributed by atoms with Crippen molar-refractivity contribution in [2.75, 3.05) is 20.6 Å². The van der Waals surface area contributed by atoms with E-state index >= 15 is 0 Å². The first kappa shape index (κ1) is 12.4. The normalized spacial score (nSPS) is 20.8. The van der Waals surface area contributed by atoms with E-state index in [9.17, 15) is 3.80 Å². The van der Waals surface area contributed by atoms with Crippen molar-refractivity contribution >= 4 is 15.2 Å². The second-order valence-corrected chi connectivity index (χ2v) is 6.41. The van der Waals surface area contributed by atoms with E-state index in [4.69, 9.17) is 0 Å². The maximum absolute atomic E-state index is 11.4. The van der Waals surface area contributed by atoms with Gasteiger partial charge in [-0.15, -0.1) is 0 Å². The van der Waals surface area contributed by atoms with E-state index in [0.717, 1.165) is 6.54 Å². The SMILES string of the molecule is CN(C)CCC[C]1([Al]=[O])CCCCC1. The van der Waals surface area contributed by atoms with Gasteiger partial charge in [-0.25, -0.2) is 0 Å². The molecule has 1 saturated carbocycles. The van der Waals surface area contributed by atoms with Crippen LogP contribution >= 0.6 is 0 Å². The third-order valence-electron chi connectivity index (χ3n) is 3.38. The van der Waals surface area contributed by atoms with Crippen LogP contribution in [-0.4, -0.2) is 40.7 Å². The monoisotopic (exact) mass is 211 g/mol. The maximum atomic E-state index is 11.4. The van der Waals surface area contributed by atoms with Gasteiger partial charge in [0.25, 0.3) is 0 Å². The van der Waals surface area contributed by atoms with Crippen LogP contribution < -0.4 is 0 Å². The van der Waals surface area contributed by atoms with Crippen LogP contribution in [0.15, 0.2) is 0 Å². The summed E-state index contributed by atoms with van der Waals surface area (Å²) in [6.45, 7) is 1.14. The molecule has 0 aromatic carbocycles. The van der Waals surface area contributed by atoms with Gasteiger partial charge in [0.1, 0.15) is 0 Å². The van der Waals surface area contributed by atoms with Crippen molar-refractivity contribution in [3.8, 4) is 0 Å². The molecule has 0 saturated heterocycles. The fraction of sp³-hybridized carbons (Fsp3) is 1.00. The average molecular weight is 211 g/mol. The van der Waals surface area contributed by atoms with Crippen LogP contribution in [0.5, 0.6) is 0 Å². The summed E-state index contributed by atoms with van der Waals surface area (Å²) >= 11 is -0.570. The molecule has 80 valence electrons. The molecule has 0 aromatic heterocycles. The molecule has 0 aromatic rings. The van der Waals surface area contributed by atoms with E-state index in [-0.39, 0.29) is 4.28 Å². The molecule has 0 amide bonds. The predicted octanol–water partition coefficient (Wildman–Crippen LogP) is 2.50. The van der Waals surface area contributed by atoms with Gasteiger partial charge in [-0.3, -0.25) is 0 Å². The minimum atomic E-state index is -0.570. The molecule has 0 bridgehead atoms. The van der Waals surface area contributed by atoms with Crippen molar-refractivity contribution in [3.63, 3.8) is 0 Å². The van der Waals surface area contributed by atoms with Gasteiger partial charge in [0.05, 0.1) is 0 Å². The summed E-state index contributed by atoms with van der Waals surface area (Å²) in [4.78, 5) is 2.22. The van der Waals surface area contributed by atoms with Crippen molar-refractivity contribution in [2.45, 2.75) is 49.2 Å². The van der Waals surface area contributed by atoms with Gasteiger partial charge in [-0.05, 0) is 0 Å². The zero-order valence-corrected chi connectivity index (χ0v) is 10.7. The topological polar surface area (TPSA) is 20.3 Å². The van der Waals surface area contributed by atoms with Gasteiger partial charge in [-0.2, -0.15) is 0 Å². The summed E-state index contributed by atoms with van der Waals surface area (Å²) in [5.74, 6) is 0. The van der Waals surface area contributed by atoms with Gasteiger partial charge >= 0.3 is 93.7 Å². The summed E-state index contributed by atoms with van der Waals surface area (Å²) in [6, 6.07) is 0. The Morgan fingerprint density at radius 2 is 1.86 bits per heavy atom. The minimum absolute atomic E-state index is 0.258. The third kappa shape index (κ3) is 3.81. The van der Waals surface area contributed by atoms with Gasteiger partial charge < -0.3 is 0 Å². The van der Waals surface area contributed by atoms with E-state index < -0.39 is 15.2 Å². The Balaban J connectivity index is 2.32. The molecule has 0 unspecified atom stereocenters. The van der Waals surface area contributed by atoms with Crippen LogP contribution in [0.25, 0.3) is 0 Å². The van der Waals surface area contributed by atoms with E-state index in [1.165, 1.54) is 44.9 Å². The molecule has 0 heterocycles. The Kier molecular flexibility index (Phi) is 5.30. The molecular weight excluding hydrogens is 189 g/mol. The summed E-state index contributed by atoms with van der Waals surface area (Å²) < 4.78 is 11.6. The van der Waals surface area contributed by atoms with Crippen molar-refractivity contribution in [1.29, 1.82) is 0 Å². The fourth-order valence-corrected chi connectivity index (χ4v) is 3.40. The van der Waals surface area contributed by atoms with Gasteiger partial charge in [0.15, 0.2) is 0 Å². The second-order valence-electron chi connectivity index (χ2n) is 4.95. The molecule has 14 heavy (non-hydrogen) atoms. The van der Waals surface area contributed by atoms with Crippen LogP contribution in [0, 0.1) is 0 Å². The van der Waals surface area contributed by atoms with Gasteiger partial charge in [-0.1, -0.05) is 0 Å². The summed E-state index contributed by atoms with van der Waals surface area (Å²) in [5, 5.41) is 0. The predicted molar refractivity (Wildman–Crippen MR) is 60.0 cm³/mol. The zero-order chi connectivity index (χ0) is 10.4. The molecule has 1 aliphatic rings.